The lowest BCUT2D eigenvalue weighted by molar-refractivity contribution is 0.0524. The van der Waals surface area contributed by atoms with E-state index in [2.05, 4.69) is 4.98 Å². The number of Topliss-reactive ketones (excluding diaryl/α,β-unsaturated/α-hetero) is 1. The Morgan fingerprint density at radius 3 is 2.91 bits per heavy atom. The quantitative estimate of drug-likeness (QED) is 0.876. The molecular weight excluding hydrogens is 286 g/mol. The number of rotatable bonds is 3. The number of aromatic nitrogens is 1. The summed E-state index contributed by atoms with van der Waals surface area (Å²) in [4.78, 5) is 38.7. The molecule has 3 rings (SSSR count). The van der Waals surface area contributed by atoms with Crippen LogP contribution in [0, 0.1) is 0 Å². The lowest BCUT2D eigenvalue weighted by atomic mass is 9.84. The number of ether oxygens (including phenoxy) is 1. The van der Waals surface area contributed by atoms with Crippen molar-refractivity contribution in [2.24, 2.45) is 0 Å². The number of carbonyl (C=O) groups excluding carboxylic acids is 2. The molecule has 0 fully saturated rings. The SMILES string of the molecule is CCOC(=O)c1cc2c([nH]c1=O)C[C@@H](c1ccco1)CC2=O. The Morgan fingerprint density at radius 2 is 2.23 bits per heavy atom. The first-order valence-corrected chi connectivity index (χ1v) is 7.10. The lowest BCUT2D eigenvalue weighted by Crippen LogP contribution is -2.27. The van der Waals surface area contributed by atoms with Crippen molar-refractivity contribution >= 4 is 11.8 Å². The minimum atomic E-state index is -0.715. The van der Waals surface area contributed by atoms with Crippen LogP contribution < -0.4 is 5.56 Å². The number of nitrogens with one attached hydrogen (secondary N) is 1. The van der Waals surface area contributed by atoms with Crippen molar-refractivity contribution in [1.82, 2.24) is 4.98 Å². The molecule has 0 radical (unpaired) electrons. The van der Waals surface area contributed by atoms with E-state index >= 15 is 0 Å². The van der Waals surface area contributed by atoms with Crippen molar-refractivity contribution in [3.8, 4) is 0 Å². The number of furan rings is 1. The molecule has 114 valence electrons. The van der Waals surface area contributed by atoms with E-state index in [1.54, 1.807) is 19.3 Å². The van der Waals surface area contributed by atoms with Gasteiger partial charge in [0.25, 0.3) is 5.56 Å². The average molecular weight is 301 g/mol. The maximum absolute atomic E-state index is 12.3. The van der Waals surface area contributed by atoms with E-state index in [1.807, 2.05) is 6.07 Å². The van der Waals surface area contributed by atoms with E-state index in [1.165, 1.54) is 6.07 Å². The number of hydrogen-bond donors (Lipinski definition) is 1. The molecule has 6 heteroatoms. The molecule has 0 saturated carbocycles. The van der Waals surface area contributed by atoms with E-state index in [0.717, 1.165) is 0 Å². The van der Waals surface area contributed by atoms with Gasteiger partial charge in [-0.2, -0.15) is 0 Å². The van der Waals surface area contributed by atoms with Crippen molar-refractivity contribution < 1.29 is 18.7 Å². The van der Waals surface area contributed by atoms with E-state index < -0.39 is 11.5 Å². The van der Waals surface area contributed by atoms with E-state index in [-0.39, 0.29) is 30.3 Å². The Balaban J connectivity index is 1.98. The summed E-state index contributed by atoms with van der Waals surface area (Å²) in [6.07, 6.45) is 2.34. The number of carbonyl (C=O) groups is 2. The number of ketones is 1. The Labute approximate surface area is 126 Å². The standard InChI is InChI=1S/C16H15NO5/c1-2-21-16(20)11-8-10-12(17-15(11)19)6-9(7-13(10)18)14-4-3-5-22-14/h3-5,8-9H,2,6-7H2,1H3,(H,17,19)/t9-/m1/s1. The van der Waals surface area contributed by atoms with Gasteiger partial charge in [0, 0.05) is 23.6 Å². The minimum Gasteiger partial charge on any atom is -0.469 e. The molecule has 1 atom stereocenters. The van der Waals surface area contributed by atoms with Crippen molar-refractivity contribution in [1.29, 1.82) is 0 Å². The van der Waals surface area contributed by atoms with Crippen molar-refractivity contribution in [3.63, 3.8) is 0 Å². The van der Waals surface area contributed by atoms with Gasteiger partial charge in [-0.15, -0.1) is 0 Å². The highest BCUT2D eigenvalue weighted by Gasteiger charge is 2.30. The van der Waals surface area contributed by atoms with Crippen LogP contribution in [-0.2, 0) is 11.2 Å². The summed E-state index contributed by atoms with van der Waals surface area (Å²) < 4.78 is 10.2. The summed E-state index contributed by atoms with van der Waals surface area (Å²) in [5, 5.41) is 0. The fourth-order valence-electron chi connectivity index (χ4n) is 2.72. The topological polar surface area (TPSA) is 89.4 Å². The predicted molar refractivity (Wildman–Crippen MR) is 77.1 cm³/mol. The maximum Gasteiger partial charge on any atom is 0.343 e. The molecule has 0 unspecified atom stereocenters. The van der Waals surface area contributed by atoms with Gasteiger partial charge in [0.2, 0.25) is 0 Å². The molecule has 0 aromatic carbocycles. The molecule has 2 aromatic heterocycles. The van der Waals surface area contributed by atoms with Crippen LogP contribution in [0.1, 0.15) is 51.4 Å². The summed E-state index contributed by atoms with van der Waals surface area (Å²) in [7, 11) is 0. The fraction of sp³-hybridized carbons (Fsp3) is 0.312. The molecule has 1 aliphatic carbocycles. The normalized spacial score (nSPS) is 17.1. The Hall–Kier alpha value is -2.63. The second-order valence-corrected chi connectivity index (χ2v) is 5.17. The summed E-state index contributed by atoms with van der Waals surface area (Å²) in [6.45, 7) is 1.83. The molecule has 0 spiro atoms. The van der Waals surface area contributed by atoms with Gasteiger partial charge in [0.15, 0.2) is 5.78 Å². The Morgan fingerprint density at radius 1 is 1.41 bits per heavy atom. The lowest BCUT2D eigenvalue weighted by Gasteiger charge is -2.22. The van der Waals surface area contributed by atoms with Gasteiger partial charge in [-0.3, -0.25) is 9.59 Å². The third-order valence-electron chi connectivity index (χ3n) is 3.75. The second-order valence-electron chi connectivity index (χ2n) is 5.17. The molecule has 0 aliphatic heterocycles. The highest BCUT2D eigenvalue weighted by molar-refractivity contribution is 6.01. The predicted octanol–water partition coefficient (Wildman–Crippen LogP) is 2.06. The number of aromatic amines is 1. The van der Waals surface area contributed by atoms with Crippen LogP contribution in [0.5, 0.6) is 0 Å². The summed E-state index contributed by atoms with van der Waals surface area (Å²) in [5.41, 5.74) is 0.247. The molecule has 2 heterocycles. The van der Waals surface area contributed by atoms with Gasteiger partial charge in [-0.1, -0.05) is 0 Å². The average Bonchev–Trinajstić information content (AvgIpc) is 3.00. The number of esters is 1. The van der Waals surface area contributed by atoms with Crippen molar-refractivity contribution in [2.75, 3.05) is 6.61 Å². The van der Waals surface area contributed by atoms with Crippen molar-refractivity contribution in [3.05, 3.63) is 57.4 Å². The first-order chi connectivity index (χ1) is 10.6. The van der Waals surface area contributed by atoms with Crippen LogP contribution >= 0.6 is 0 Å². The van der Waals surface area contributed by atoms with Crippen LogP contribution in [0.15, 0.2) is 33.7 Å². The molecule has 0 amide bonds. The zero-order chi connectivity index (χ0) is 15.7. The largest absolute Gasteiger partial charge is 0.469 e. The first-order valence-electron chi connectivity index (χ1n) is 7.10. The minimum absolute atomic E-state index is 0.0981. The van der Waals surface area contributed by atoms with Gasteiger partial charge in [-0.25, -0.2) is 4.79 Å². The van der Waals surface area contributed by atoms with Gasteiger partial charge >= 0.3 is 5.97 Å². The van der Waals surface area contributed by atoms with Crippen LogP contribution in [0.25, 0.3) is 0 Å². The molecule has 0 saturated heterocycles. The molecule has 1 aliphatic rings. The molecule has 1 N–H and O–H groups in total. The first kappa shape index (κ1) is 14.3. The van der Waals surface area contributed by atoms with E-state index in [4.69, 9.17) is 9.15 Å². The van der Waals surface area contributed by atoms with Crippen molar-refractivity contribution in [2.45, 2.75) is 25.7 Å². The summed E-state index contributed by atoms with van der Waals surface area (Å²) in [5.74, 6) is -0.217. The zero-order valence-electron chi connectivity index (χ0n) is 12.0. The monoisotopic (exact) mass is 301 g/mol. The third kappa shape index (κ3) is 2.47. The third-order valence-corrected chi connectivity index (χ3v) is 3.75. The van der Waals surface area contributed by atoms with Gasteiger partial charge in [0.1, 0.15) is 11.3 Å². The maximum atomic E-state index is 12.3. The van der Waals surface area contributed by atoms with Gasteiger partial charge in [0.05, 0.1) is 12.9 Å². The second kappa shape index (κ2) is 5.63. The fourth-order valence-corrected chi connectivity index (χ4v) is 2.72. The number of hydrogen-bond acceptors (Lipinski definition) is 5. The van der Waals surface area contributed by atoms with E-state index in [9.17, 15) is 14.4 Å². The smallest absolute Gasteiger partial charge is 0.343 e. The Kier molecular flexibility index (Phi) is 3.66. The summed E-state index contributed by atoms with van der Waals surface area (Å²) in [6, 6.07) is 4.92. The molecule has 6 nitrogen and oxygen atoms in total. The van der Waals surface area contributed by atoms with Crippen LogP contribution in [0.2, 0.25) is 0 Å². The Bertz CT molecular complexity index is 772. The van der Waals surface area contributed by atoms with Crippen LogP contribution in [0.3, 0.4) is 0 Å². The van der Waals surface area contributed by atoms with Crippen LogP contribution in [0.4, 0.5) is 0 Å². The van der Waals surface area contributed by atoms with Crippen LogP contribution in [-0.4, -0.2) is 23.3 Å². The number of pyridine rings is 1. The highest BCUT2D eigenvalue weighted by atomic mass is 16.5. The molecule has 2 aromatic rings. The highest BCUT2D eigenvalue weighted by Crippen LogP contribution is 2.31. The molecule has 0 bridgehead atoms. The van der Waals surface area contributed by atoms with E-state index in [0.29, 0.717) is 23.4 Å². The zero-order valence-corrected chi connectivity index (χ0v) is 12.0. The number of fused-ring (bicyclic) bond motifs is 1. The van der Waals surface area contributed by atoms with Gasteiger partial charge < -0.3 is 14.1 Å². The number of H-pyrrole nitrogens is 1. The molecule has 22 heavy (non-hydrogen) atoms. The molecular formula is C16H15NO5. The summed E-state index contributed by atoms with van der Waals surface area (Å²) >= 11 is 0. The van der Waals surface area contributed by atoms with Gasteiger partial charge in [-0.05, 0) is 31.5 Å².